The van der Waals surface area contributed by atoms with Gasteiger partial charge in [-0.05, 0) is 36.1 Å². The second-order valence-corrected chi connectivity index (χ2v) is 6.19. The van der Waals surface area contributed by atoms with Gasteiger partial charge in [-0.15, -0.1) is 0 Å². The molecule has 3 rings (SSSR count). The molecule has 1 aromatic heterocycles. The number of ether oxygens (including phenoxy) is 2. The van der Waals surface area contributed by atoms with Crippen LogP contribution < -0.4 is 14.9 Å². The van der Waals surface area contributed by atoms with E-state index in [9.17, 15) is 19.5 Å². The highest BCUT2D eigenvalue weighted by molar-refractivity contribution is 6.61. The van der Waals surface area contributed by atoms with Crippen molar-refractivity contribution in [1.29, 1.82) is 5.26 Å². The van der Waals surface area contributed by atoms with Crippen LogP contribution in [0.2, 0.25) is 5.02 Å². The number of pyridine rings is 1. The van der Waals surface area contributed by atoms with Crippen LogP contribution in [0.15, 0.2) is 18.2 Å². The van der Waals surface area contributed by atoms with Crippen molar-refractivity contribution in [2.45, 2.75) is 20.0 Å². The number of halogens is 2. The van der Waals surface area contributed by atoms with Crippen molar-refractivity contribution in [3.05, 3.63) is 40.2 Å². The Morgan fingerprint density at radius 1 is 1.48 bits per heavy atom. The van der Waals surface area contributed by atoms with Gasteiger partial charge < -0.3 is 19.2 Å². The van der Waals surface area contributed by atoms with Gasteiger partial charge in [0.1, 0.15) is 22.4 Å². The molecule has 2 heterocycles. The Labute approximate surface area is 159 Å². The Morgan fingerprint density at radius 3 is 2.96 bits per heavy atom. The average Bonchev–Trinajstić information content (AvgIpc) is 2.97. The molecule has 1 aliphatic heterocycles. The highest BCUT2D eigenvalue weighted by atomic mass is 35.5. The van der Waals surface area contributed by atoms with Crippen molar-refractivity contribution in [2.24, 2.45) is 0 Å². The summed E-state index contributed by atoms with van der Waals surface area (Å²) in [5.41, 5.74) is 0.954. The third-order valence-corrected chi connectivity index (χ3v) is 4.06. The van der Waals surface area contributed by atoms with Gasteiger partial charge in [0.2, 0.25) is 11.8 Å². The number of hydrogen-bond acceptors (Lipinski definition) is 7. The van der Waals surface area contributed by atoms with Gasteiger partial charge in [0, 0.05) is 6.42 Å². The second kappa shape index (κ2) is 7.92. The van der Waals surface area contributed by atoms with E-state index in [-0.39, 0.29) is 53.5 Å². The van der Waals surface area contributed by atoms with Crippen LogP contribution in [0.1, 0.15) is 24.5 Å². The third kappa shape index (κ3) is 4.19. The molecule has 0 aliphatic carbocycles. The van der Waals surface area contributed by atoms with E-state index in [2.05, 4.69) is 4.98 Å². The van der Waals surface area contributed by atoms with Gasteiger partial charge in [-0.1, -0.05) is 11.6 Å². The van der Waals surface area contributed by atoms with E-state index in [4.69, 9.17) is 25.7 Å². The zero-order valence-electron chi connectivity index (χ0n) is 14.2. The number of aromatic nitrogens is 1. The van der Waals surface area contributed by atoms with E-state index in [1.807, 2.05) is 6.07 Å². The molecule has 1 aliphatic rings. The first-order valence-electron chi connectivity index (χ1n) is 7.91. The number of fused-ring (bicyclic) bond motifs is 1. The van der Waals surface area contributed by atoms with E-state index in [1.165, 1.54) is 19.1 Å². The van der Waals surface area contributed by atoms with Crippen LogP contribution in [0.5, 0.6) is 17.5 Å². The van der Waals surface area contributed by atoms with Crippen LogP contribution in [0, 0.1) is 17.1 Å². The largest absolute Gasteiger partial charge is 0.491 e. The molecule has 10 heteroatoms. The van der Waals surface area contributed by atoms with Crippen LogP contribution in [0.4, 0.5) is 4.39 Å². The van der Waals surface area contributed by atoms with Crippen LogP contribution >= 0.6 is 11.6 Å². The lowest BCUT2D eigenvalue weighted by Gasteiger charge is -2.12. The Bertz CT molecular complexity index is 950. The van der Waals surface area contributed by atoms with Crippen molar-refractivity contribution in [2.75, 3.05) is 6.61 Å². The summed E-state index contributed by atoms with van der Waals surface area (Å²) in [5, 5.41) is 18.8. The van der Waals surface area contributed by atoms with E-state index < -0.39 is 12.9 Å². The molecule has 0 bridgehead atoms. The molecule has 0 atom stereocenters. The number of ketones is 1. The van der Waals surface area contributed by atoms with Gasteiger partial charge in [0.25, 0.3) is 0 Å². The normalized spacial score (nSPS) is 12.5. The number of Topliss-reactive ketones (excluding diaryl/α,β-unsaturated/α-hetero) is 1. The molecule has 1 N–H and O–H groups in total. The number of nitriles is 1. The SMILES string of the molecule is CC(=O)CCOc1nc(Oc2cc3c(cc2F)B(O)OC3)c(Cl)cc1C#N. The number of benzene rings is 1. The molecule has 1 aromatic carbocycles. The fraction of sp³-hybridized carbons (Fsp3) is 0.235. The van der Waals surface area contributed by atoms with E-state index in [0.29, 0.717) is 11.0 Å². The number of nitrogens with zero attached hydrogens (tertiary/aromatic N) is 2. The minimum atomic E-state index is -1.18. The van der Waals surface area contributed by atoms with Crippen molar-refractivity contribution in [1.82, 2.24) is 4.98 Å². The van der Waals surface area contributed by atoms with Gasteiger partial charge >= 0.3 is 7.12 Å². The third-order valence-electron chi connectivity index (χ3n) is 3.79. The zero-order valence-corrected chi connectivity index (χ0v) is 14.9. The monoisotopic (exact) mass is 390 g/mol. The molecule has 0 saturated carbocycles. The molecular formula is C17H13BClFN2O5. The first-order valence-corrected chi connectivity index (χ1v) is 8.29. The Morgan fingerprint density at radius 2 is 2.26 bits per heavy atom. The number of carbonyl (C=O) groups excluding carboxylic acids is 1. The Hall–Kier alpha value is -2.67. The number of rotatable bonds is 6. The molecule has 27 heavy (non-hydrogen) atoms. The lowest BCUT2D eigenvalue weighted by Crippen LogP contribution is -2.28. The summed E-state index contributed by atoms with van der Waals surface area (Å²) in [7, 11) is -1.18. The predicted molar refractivity (Wildman–Crippen MR) is 93.6 cm³/mol. The Balaban J connectivity index is 1.89. The van der Waals surface area contributed by atoms with Crippen LogP contribution in [0.25, 0.3) is 0 Å². The van der Waals surface area contributed by atoms with E-state index in [1.54, 1.807) is 0 Å². The van der Waals surface area contributed by atoms with Gasteiger partial charge in [-0.25, -0.2) is 4.39 Å². The maximum Gasteiger partial charge on any atom is 0.491 e. The summed E-state index contributed by atoms with van der Waals surface area (Å²) >= 11 is 6.07. The highest BCUT2D eigenvalue weighted by Gasteiger charge is 2.29. The predicted octanol–water partition coefficient (Wildman–Crippen LogP) is 2.11. The van der Waals surface area contributed by atoms with Gasteiger partial charge in [0.05, 0.1) is 13.2 Å². The molecule has 0 fully saturated rings. The number of hydrogen-bond donors (Lipinski definition) is 1. The summed E-state index contributed by atoms with van der Waals surface area (Å²) in [5.74, 6) is -1.21. The molecule has 138 valence electrons. The fourth-order valence-electron chi connectivity index (χ4n) is 2.42. The van der Waals surface area contributed by atoms with Crippen LogP contribution in [-0.2, 0) is 16.1 Å². The molecule has 0 saturated heterocycles. The minimum Gasteiger partial charge on any atom is -0.476 e. The molecule has 2 aromatic rings. The second-order valence-electron chi connectivity index (χ2n) is 5.79. The first-order chi connectivity index (χ1) is 12.9. The molecule has 0 spiro atoms. The first kappa shape index (κ1) is 19.1. The van der Waals surface area contributed by atoms with Gasteiger partial charge in [-0.3, -0.25) is 4.79 Å². The maximum absolute atomic E-state index is 14.3. The average molecular weight is 391 g/mol. The van der Waals surface area contributed by atoms with Gasteiger partial charge in [-0.2, -0.15) is 10.2 Å². The molecule has 7 nitrogen and oxygen atoms in total. The molecule has 0 unspecified atom stereocenters. The van der Waals surface area contributed by atoms with Crippen molar-refractivity contribution in [3.63, 3.8) is 0 Å². The van der Waals surface area contributed by atoms with Crippen LogP contribution in [-0.4, -0.2) is 29.5 Å². The fourth-order valence-corrected chi connectivity index (χ4v) is 2.61. The highest BCUT2D eigenvalue weighted by Crippen LogP contribution is 2.33. The Kier molecular flexibility index (Phi) is 5.61. The number of carbonyl (C=O) groups is 1. The van der Waals surface area contributed by atoms with E-state index in [0.717, 1.165) is 6.07 Å². The van der Waals surface area contributed by atoms with Crippen LogP contribution in [0.3, 0.4) is 0 Å². The van der Waals surface area contributed by atoms with Crippen molar-refractivity contribution >= 4 is 30.0 Å². The summed E-state index contributed by atoms with van der Waals surface area (Å²) in [6.07, 6.45) is 0.146. The molecule has 0 amide bonds. The quantitative estimate of drug-likeness (QED) is 0.754. The lowest BCUT2D eigenvalue weighted by molar-refractivity contribution is -0.117. The van der Waals surface area contributed by atoms with Crippen molar-refractivity contribution in [3.8, 4) is 23.6 Å². The maximum atomic E-state index is 14.3. The van der Waals surface area contributed by atoms with Crippen molar-refractivity contribution < 1.29 is 28.3 Å². The topological polar surface area (TPSA) is 102 Å². The van der Waals surface area contributed by atoms with Gasteiger partial charge in [0.15, 0.2) is 11.6 Å². The molecular weight excluding hydrogens is 377 g/mol. The molecule has 0 radical (unpaired) electrons. The summed E-state index contributed by atoms with van der Waals surface area (Å²) in [6.45, 7) is 1.55. The zero-order chi connectivity index (χ0) is 19.6. The van der Waals surface area contributed by atoms with E-state index >= 15 is 0 Å². The smallest absolute Gasteiger partial charge is 0.476 e. The standard InChI is InChI=1S/C17H13BClFN2O5/c1-9(23)2-3-25-16-10(7-21)4-13(19)17(22-16)27-15-5-11-8-26-18(24)12(11)6-14(15)20/h4-6,24H,2-3,8H2,1H3. The minimum absolute atomic E-state index is 0.0124. The lowest BCUT2D eigenvalue weighted by atomic mass is 9.79. The summed E-state index contributed by atoms with van der Waals surface area (Å²) in [4.78, 5) is 15.1. The summed E-state index contributed by atoms with van der Waals surface area (Å²) in [6, 6.07) is 5.67. The summed E-state index contributed by atoms with van der Waals surface area (Å²) < 4.78 is 30.1.